The summed E-state index contributed by atoms with van der Waals surface area (Å²) >= 11 is 0. The average Bonchev–Trinajstić information content (AvgIpc) is 2.94. The Morgan fingerprint density at radius 2 is 1.96 bits per heavy atom. The van der Waals surface area contributed by atoms with E-state index in [0.717, 1.165) is 11.1 Å². The molecule has 2 atom stereocenters. The second kappa shape index (κ2) is 8.20. The number of carbonyl (C=O) groups is 1. The first-order chi connectivity index (χ1) is 13.4. The molecule has 0 saturated carbocycles. The van der Waals surface area contributed by atoms with E-state index in [1.807, 2.05) is 29.2 Å². The third-order valence-corrected chi connectivity index (χ3v) is 5.11. The van der Waals surface area contributed by atoms with Crippen LogP contribution in [-0.2, 0) is 16.8 Å². The molecule has 0 aromatic heterocycles. The van der Waals surface area contributed by atoms with Crippen LogP contribution < -0.4 is 10.5 Å². The number of alkyl halides is 3. The fraction of sp³-hybridized carbons (Fsp3) is 0.350. The van der Waals surface area contributed by atoms with Crippen LogP contribution in [0.2, 0.25) is 0 Å². The fourth-order valence-electron chi connectivity index (χ4n) is 3.78. The zero-order valence-corrected chi connectivity index (χ0v) is 15.4. The lowest BCUT2D eigenvalue weighted by atomic mass is 9.81. The molecule has 0 bridgehead atoms. The van der Waals surface area contributed by atoms with Gasteiger partial charge >= 0.3 is 6.61 Å². The third kappa shape index (κ3) is 3.57. The van der Waals surface area contributed by atoms with Crippen LogP contribution in [0.1, 0.15) is 16.7 Å². The molecule has 5 nitrogen and oxygen atoms in total. The van der Waals surface area contributed by atoms with Crippen LogP contribution in [0.25, 0.3) is 0 Å². The number of rotatable bonds is 7. The van der Waals surface area contributed by atoms with Crippen LogP contribution in [-0.4, -0.2) is 49.4 Å². The summed E-state index contributed by atoms with van der Waals surface area (Å²) in [6.45, 7) is -3.02. The number of nitrogens with zero attached hydrogens (tertiary/aromatic N) is 2. The molecule has 1 aliphatic heterocycles. The Labute approximate surface area is 161 Å². The van der Waals surface area contributed by atoms with E-state index in [2.05, 4.69) is 4.74 Å². The van der Waals surface area contributed by atoms with Crippen LogP contribution in [0.5, 0.6) is 5.75 Å². The summed E-state index contributed by atoms with van der Waals surface area (Å²) in [5, 5.41) is 0. The summed E-state index contributed by atoms with van der Waals surface area (Å²) in [4.78, 5) is 15.3. The Balaban J connectivity index is 2.13. The molecule has 1 aliphatic rings. The zero-order chi connectivity index (χ0) is 20.3. The van der Waals surface area contributed by atoms with Crippen LogP contribution in [0.15, 0.2) is 48.5 Å². The molecule has 1 heterocycles. The molecule has 0 radical (unpaired) electrons. The minimum absolute atomic E-state index is 0.0217. The van der Waals surface area contributed by atoms with Crippen molar-refractivity contribution in [2.24, 2.45) is 5.73 Å². The lowest BCUT2D eigenvalue weighted by Gasteiger charge is -2.38. The Morgan fingerprint density at radius 3 is 2.57 bits per heavy atom. The normalized spacial score (nSPS) is 22.6. The van der Waals surface area contributed by atoms with Crippen LogP contribution in [0.3, 0.4) is 0 Å². The van der Waals surface area contributed by atoms with Gasteiger partial charge in [-0.05, 0) is 35.9 Å². The number of hydrogen-bond acceptors (Lipinski definition) is 4. The lowest BCUT2D eigenvalue weighted by Crippen LogP contribution is -2.50. The number of ether oxygens (including phenoxy) is 1. The number of hydrogen-bond donors (Lipinski definition) is 1. The van der Waals surface area contributed by atoms with E-state index in [0.29, 0.717) is 18.5 Å². The molecule has 0 aliphatic carbocycles. The number of carbonyl (C=O) groups excluding carboxylic acids is 1. The monoisotopic (exact) mass is 393 g/mol. The second-order valence-electron chi connectivity index (χ2n) is 6.74. The third-order valence-electron chi connectivity index (χ3n) is 5.11. The highest BCUT2D eigenvalue weighted by molar-refractivity contribution is 5.57. The maximum absolute atomic E-state index is 12.9. The first-order valence-electron chi connectivity index (χ1n) is 8.82. The van der Waals surface area contributed by atoms with Crippen LogP contribution >= 0.6 is 0 Å². The molecule has 2 aromatic rings. The maximum Gasteiger partial charge on any atom is 0.387 e. The Kier molecular flexibility index (Phi) is 5.90. The van der Waals surface area contributed by atoms with Crippen molar-refractivity contribution >= 4 is 6.41 Å². The van der Waals surface area contributed by atoms with E-state index < -0.39 is 25.1 Å². The number of benzene rings is 2. The molecule has 2 unspecified atom stereocenters. The number of amides is 1. The van der Waals surface area contributed by atoms with Gasteiger partial charge in [-0.3, -0.25) is 19.8 Å². The topological polar surface area (TPSA) is 58.8 Å². The van der Waals surface area contributed by atoms with Gasteiger partial charge in [0.25, 0.3) is 0 Å². The fourth-order valence-corrected chi connectivity index (χ4v) is 3.78. The molecular formula is C20H22F3N3O2. The van der Waals surface area contributed by atoms with Gasteiger partial charge in [0, 0.05) is 13.0 Å². The van der Waals surface area contributed by atoms with Crippen molar-refractivity contribution in [1.29, 1.82) is 0 Å². The van der Waals surface area contributed by atoms with Gasteiger partial charge in [-0.1, -0.05) is 36.4 Å². The number of nitrogens with two attached hydrogens (primary N) is 1. The van der Waals surface area contributed by atoms with E-state index in [1.54, 1.807) is 19.2 Å². The van der Waals surface area contributed by atoms with Gasteiger partial charge in [0.2, 0.25) is 6.41 Å². The van der Waals surface area contributed by atoms with Crippen LogP contribution in [0.4, 0.5) is 13.2 Å². The lowest BCUT2D eigenvalue weighted by molar-refractivity contribution is -0.123. The van der Waals surface area contributed by atoms with E-state index >= 15 is 0 Å². The van der Waals surface area contributed by atoms with Crippen LogP contribution in [0, 0.1) is 0 Å². The molecule has 2 aromatic carbocycles. The van der Waals surface area contributed by atoms with Crippen molar-refractivity contribution in [3.05, 3.63) is 65.2 Å². The highest BCUT2D eigenvalue weighted by Crippen LogP contribution is 2.42. The van der Waals surface area contributed by atoms with E-state index in [4.69, 9.17) is 5.73 Å². The predicted octanol–water partition coefficient (Wildman–Crippen LogP) is 2.69. The second-order valence-corrected chi connectivity index (χ2v) is 6.74. The smallest absolute Gasteiger partial charge is 0.387 e. The van der Waals surface area contributed by atoms with E-state index in [-0.39, 0.29) is 12.2 Å². The summed E-state index contributed by atoms with van der Waals surface area (Å²) in [7, 11) is 1.79. The quantitative estimate of drug-likeness (QED) is 0.735. The highest BCUT2D eigenvalue weighted by Gasteiger charge is 2.50. The molecule has 28 heavy (non-hydrogen) atoms. The molecule has 1 amide bonds. The first-order valence-corrected chi connectivity index (χ1v) is 8.82. The minimum Gasteiger partial charge on any atom is -0.435 e. The highest BCUT2D eigenvalue weighted by atomic mass is 19.3. The van der Waals surface area contributed by atoms with Gasteiger partial charge in [0.05, 0.1) is 6.67 Å². The largest absolute Gasteiger partial charge is 0.435 e. The SMILES string of the molecule is CN1CC(c2ccc(OC(F)F)cc2)(c2cccc(CCF)c2)N(C=O)C1N. The van der Waals surface area contributed by atoms with Crippen molar-refractivity contribution in [2.45, 2.75) is 24.9 Å². The summed E-state index contributed by atoms with van der Waals surface area (Å²) in [6, 6.07) is 13.5. The summed E-state index contributed by atoms with van der Waals surface area (Å²) in [5.74, 6) is 0.0217. The molecule has 150 valence electrons. The molecule has 1 saturated heterocycles. The van der Waals surface area contributed by atoms with Gasteiger partial charge in [-0.25, -0.2) is 0 Å². The maximum atomic E-state index is 12.9. The van der Waals surface area contributed by atoms with Gasteiger partial charge < -0.3 is 9.64 Å². The zero-order valence-electron chi connectivity index (χ0n) is 15.4. The number of aryl methyl sites for hydroxylation is 1. The first kappa shape index (κ1) is 20.2. The standard InChI is InChI=1S/C20H22F3N3O2/c1-25-12-20(26(13-27)19(25)24,16-4-2-3-14(11-16)9-10-21)15-5-7-17(8-6-15)28-18(22)23/h2-8,11,13,18-19H,9-10,12,24H2,1H3. The van der Waals surface area contributed by atoms with Gasteiger partial charge in [-0.15, -0.1) is 0 Å². The van der Waals surface area contributed by atoms with Gasteiger partial charge in [-0.2, -0.15) is 8.78 Å². The number of halogens is 3. The summed E-state index contributed by atoms with van der Waals surface area (Å²) < 4.78 is 42.2. The molecule has 1 fully saturated rings. The molecule has 3 rings (SSSR count). The Morgan fingerprint density at radius 1 is 1.25 bits per heavy atom. The van der Waals surface area contributed by atoms with Gasteiger partial charge in [0.15, 0.2) is 0 Å². The molecule has 0 spiro atoms. The minimum atomic E-state index is -2.92. The van der Waals surface area contributed by atoms with E-state index in [1.165, 1.54) is 17.0 Å². The molecule has 8 heteroatoms. The van der Waals surface area contributed by atoms with Crippen molar-refractivity contribution in [2.75, 3.05) is 20.3 Å². The Bertz CT molecular complexity index is 819. The van der Waals surface area contributed by atoms with Crippen molar-refractivity contribution in [1.82, 2.24) is 9.80 Å². The molecule has 2 N–H and O–H groups in total. The van der Waals surface area contributed by atoms with Crippen molar-refractivity contribution in [3.8, 4) is 5.75 Å². The van der Waals surface area contributed by atoms with Crippen molar-refractivity contribution in [3.63, 3.8) is 0 Å². The average molecular weight is 393 g/mol. The Hall–Kier alpha value is -2.58. The van der Waals surface area contributed by atoms with Gasteiger partial charge in [0.1, 0.15) is 17.6 Å². The summed E-state index contributed by atoms with van der Waals surface area (Å²) in [6.07, 6.45) is 0.271. The van der Waals surface area contributed by atoms with Crippen molar-refractivity contribution < 1.29 is 22.7 Å². The van der Waals surface area contributed by atoms with E-state index in [9.17, 15) is 18.0 Å². The summed E-state index contributed by atoms with van der Waals surface area (Å²) in [5.41, 5.74) is 7.54. The number of likely N-dealkylation sites (N-methyl/N-ethyl adjacent to an activating group) is 1. The predicted molar refractivity (Wildman–Crippen MR) is 98.5 cm³/mol. The molecular weight excluding hydrogens is 371 g/mol.